The number of nitro groups is 1. The minimum atomic E-state index is -1.16. The zero-order valence-corrected chi connectivity index (χ0v) is 14.2. The van der Waals surface area contributed by atoms with Gasteiger partial charge >= 0.3 is 12.1 Å². The SMILES string of the molecule is CC(C)(C)OC(=O)N1C[C@@H](Oc2cccc([N+](=O)[O-])c2)C[C@H]1C(=O)O. The molecule has 1 heterocycles. The summed E-state index contributed by atoms with van der Waals surface area (Å²) in [5.41, 5.74) is -0.881. The minimum Gasteiger partial charge on any atom is -0.488 e. The monoisotopic (exact) mass is 352 g/mol. The highest BCUT2D eigenvalue weighted by molar-refractivity contribution is 5.81. The summed E-state index contributed by atoms with van der Waals surface area (Å²) in [6.07, 6.45) is -1.27. The molecule has 9 heteroatoms. The number of hydrogen-bond donors (Lipinski definition) is 1. The molecule has 25 heavy (non-hydrogen) atoms. The third kappa shape index (κ3) is 4.82. The molecule has 1 aromatic carbocycles. The van der Waals surface area contributed by atoms with Crippen LogP contribution in [0.3, 0.4) is 0 Å². The molecule has 0 spiro atoms. The molecule has 0 radical (unpaired) electrons. The fourth-order valence-corrected chi connectivity index (χ4v) is 2.50. The van der Waals surface area contributed by atoms with Gasteiger partial charge in [0.05, 0.1) is 17.5 Å². The molecule has 136 valence electrons. The molecule has 0 aromatic heterocycles. The molecule has 0 unspecified atom stereocenters. The summed E-state index contributed by atoms with van der Waals surface area (Å²) in [5.74, 6) is -0.912. The van der Waals surface area contributed by atoms with E-state index in [2.05, 4.69) is 0 Å². The van der Waals surface area contributed by atoms with Gasteiger partial charge in [-0.25, -0.2) is 9.59 Å². The van der Waals surface area contributed by atoms with E-state index in [0.717, 1.165) is 4.90 Å². The minimum absolute atomic E-state index is 0.0224. The number of likely N-dealkylation sites (tertiary alicyclic amines) is 1. The summed E-state index contributed by atoms with van der Waals surface area (Å²) in [7, 11) is 0. The number of carbonyl (C=O) groups is 2. The smallest absolute Gasteiger partial charge is 0.411 e. The molecule has 2 atom stereocenters. The van der Waals surface area contributed by atoms with E-state index < -0.39 is 34.7 Å². The average molecular weight is 352 g/mol. The molecular formula is C16H20N2O7. The summed E-state index contributed by atoms with van der Waals surface area (Å²) < 4.78 is 10.9. The maximum absolute atomic E-state index is 12.2. The first-order chi connectivity index (χ1) is 11.6. The number of carboxylic acid groups (broad SMARTS) is 1. The van der Waals surface area contributed by atoms with Gasteiger partial charge in [-0.1, -0.05) is 6.07 Å². The lowest BCUT2D eigenvalue weighted by molar-refractivity contribution is -0.384. The Kier molecular flexibility index (Phi) is 5.15. The molecule has 9 nitrogen and oxygen atoms in total. The quantitative estimate of drug-likeness (QED) is 0.653. The van der Waals surface area contributed by atoms with Crippen molar-refractivity contribution >= 4 is 17.7 Å². The number of hydrogen-bond acceptors (Lipinski definition) is 6. The van der Waals surface area contributed by atoms with Crippen molar-refractivity contribution in [3.8, 4) is 5.75 Å². The van der Waals surface area contributed by atoms with Crippen LogP contribution < -0.4 is 4.74 Å². The van der Waals surface area contributed by atoms with Crippen LogP contribution in [0.25, 0.3) is 0 Å². The van der Waals surface area contributed by atoms with Gasteiger partial charge in [-0.15, -0.1) is 0 Å². The van der Waals surface area contributed by atoms with Gasteiger partial charge < -0.3 is 14.6 Å². The highest BCUT2D eigenvalue weighted by Gasteiger charge is 2.42. The Morgan fingerprint density at radius 1 is 1.36 bits per heavy atom. The van der Waals surface area contributed by atoms with E-state index in [-0.39, 0.29) is 24.4 Å². The van der Waals surface area contributed by atoms with Gasteiger partial charge in [0.2, 0.25) is 0 Å². The van der Waals surface area contributed by atoms with Crippen LogP contribution in [0, 0.1) is 10.1 Å². The number of amides is 1. The summed E-state index contributed by atoms with van der Waals surface area (Å²) in [5, 5.41) is 20.1. The maximum atomic E-state index is 12.2. The summed E-state index contributed by atoms with van der Waals surface area (Å²) in [6, 6.07) is 4.53. The lowest BCUT2D eigenvalue weighted by atomic mass is 10.2. The molecule has 1 aliphatic heterocycles. The molecule has 1 N–H and O–H groups in total. The highest BCUT2D eigenvalue weighted by Crippen LogP contribution is 2.27. The van der Waals surface area contributed by atoms with Crippen molar-refractivity contribution in [2.75, 3.05) is 6.54 Å². The standard InChI is InChI=1S/C16H20N2O7/c1-16(2,3)25-15(21)17-9-12(8-13(17)14(19)20)24-11-6-4-5-10(7-11)18(22)23/h4-7,12-13H,8-9H2,1-3H3,(H,19,20)/t12-,13-/m0/s1. The predicted octanol–water partition coefficient (Wildman–Crippen LogP) is 2.44. The van der Waals surface area contributed by atoms with E-state index in [1.165, 1.54) is 18.2 Å². The van der Waals surface area contributed by atoms with Crippen LogP contribution in [0.15, 0.2) is 24.3 Å². The van der Waals surface area contributed by atoms with E-state index in [1.807, 2.05) is 0 Å². The Hall–Kier alpha value is -2.84. The number of benzene rings is 1. The number of aliphatic carboxylic acids is 1. The molecule has 1 aliphatic rings. The van der Waals surface area contributed by atoms with Crippen LogP contribution in [0.5, 0.6) is 5.75 Å². The number of non-ortho nitro benzene ring substituents is 1. The Morgan fingerprint density at radius 2 is 2.04 bits per heavy atom. The zero-order valence-electron chi connectivity index (χ0n) is 14.2. The van der Waals surface area contributed by atoms with E-state index in [9.17, 15) is 24.8 Å². The Bertz CT molecular complexity index is 683. The first kappa shape index (κ1) is 18.5. The largest absolute Gasteiger partial charge is 0.488 e. The molecule has 1 saturated heterocycles. The first-order valence-corrected chi connectivity index (χ1v) is 7.70. The van der Waals surface area contributed by atoms with Gasteiger partial charge in [0.15, 0.2) is 0 Å². The number of nitrogens with zero attached hydrogens (tertiary/aromatic N) is 2. The van der Waals surface area contributed by atoms with Crippen LogP contribution in [-0.2, 0) is 9.53 Å². The molecular weight excluding hydrogens is 332 g/mol. The van der Waals surface area contributed by atoms with Crippen molar-refractivity contribution in [2.45, 2.75) is 44.9 Å². The van der Waals surface area contributed by atoms with Crippen LogP contribution in [0.1, 0.15) is 27.2 Å². The zero-order chi connectivity index (χ0) is 18.8. The van der Waals surface area contributed by atoms with Gasteiger partial charge in [-0.2, -0.15) is 0 Å². The second-order valence-corrected chi connectivity index (χ2v) is 6.72. The topological polar surface area (TPSA) is 119 Å². The Morgan fingerprint density at radius 3 is 2.60 bits per heavy atom. The Labute approximate surface area is 144 Å². The van der Waals surface area contributed by atoms with E-state index in [4.69, 9.17) is 9.47 Å². The van der Waals surface area contributed by atoms with Crippen LogP contribution >= 0.6 is 0 Å². The summed E-state index contributed by atoms with van der Waals surface area (Å²) in [4.78, 5) is 35.0. The lowest BCUT2D eigenvalue weighted by Gasteiger charge is -2.26. The van der Waals surface area contributed by atoms with Gasteiger partial charge in [-0.3, -0.25) is 15.0 Å². The van der Waals surface area contributed by atoms with Crippen LogP contribution in [0.2, 0.25) is 0 Å². The van der Waals surface area contributed by atoms with Crippen molar-refractivity contribution in [3.05, 3.63) is 34.4 Å². The number of nitro benzene ring substituents is 1. The molecule has 0 saturated carbocycles. The van der Waals surface area contributed by atoms with Gasteiger partial charge in [0.25, 0.3) is 5.69 Å². The third-order valence-corrected chi connectivity index (χ3v) is 3.51. The highest BCUT2D eigenvalue weighted by atomic mass is 16.6. The number of ether oxygens (including phenoxy) is 2. The number of carboxylic acids is 1. The Balaban J connectivity index is 2.11. The average Bonchev–Trinajstić information content (AvgIpc) is 2.90. The van der Waals surface area contributed by atoms with Gasteiger partial charge in [0, 0.05) is 12.5 Å². The maximum Gasteiger partial charge on any atom is 0.411 e. The number of carbonyl (C=O) groups excluding carboxylic acids is 1. The number of rotatable bonds is 4. The van der Waals surface area contributed by atoms with Crippen molar-refractivity contribution in [1.29, 1.82) is 0 Å². The van der Waals surface area contributed by atoms with E-state index >= 15 is 0 Å². The van der Waals surface area contributed by atoms with Crippen molar-refractivity contribution in [1.82, 2.24) is 4.90 Å². The summed E-state index contributed by atoms with van der Waals surface area (Å²) in [6.45, 7) is 5.09. The second-order valence-electron chi connectivity index (χ2n) is 6.72. The fraction of sp³-hybridized carbons (Fsp3) is 0.500. The van der Waals surface area contributed by atoms with Crippen molar-refractivity contribution in [2.24, 2.45) is 0 Å². The molecule has 1 amide bonds. The van der Waals surface area contributed by atoms with Crippen LogP contribution in [0.4, 0.5) is 10.5 Å². The van der Waals surface area contributed by atoms with Crippen molar-refractivity contribution in [3.63, 3.8) is 0 Å². The van der Waals surface area contributed by atoms with Gasteiger partial charge in [0.1, 0.15) is 23.5 Å². The van der Waals surface area contributed by atoms with Gasteiger partial charge in [-0.05, 0) is 26.8 Å². The normalized spacial score (nSPS) is 20.2. The third-order valence-electron chi connectivity index (χ3n) is 3.51. The van der Waals surface area contributed by atoms with Crippen LogP contribution in [-0.4, -0.2) is 51.3 Å². The fourth-order valence-electron chi connectivity index (χ4n) is 2.50. The van der Waals surface area contributed by atoms with Crippen molar-refractivity contribution < 1.29 is 29.1 Å². The summed E-state index contributed by atoms with van der Waals surface area (Å²) >= 11 is 0. The molecule has 1 aromatic rings. The second kappa shape index (κ2) is 6.96. The molecule has 0 aliphatic carbocycles. The molecule has 2 rings (SSSR count). The molecule has 1 fully saturated rings. The first-order valence-electron chi connectivity index (χ1n) is 7.70. The lowest BCUT2D eigenvalue weighted by Crippen LogP contribution is -2.43. The van der Waals surface area contributed by atoms with E-state index in [1.54, 1.807) is 26.8 Å². The van der Waals surface area contributed by atoms with E-state index in [0.29, 0.717) is 0 Å². The predicted molar refractivity (Wildman–Crippen MR) is 86.5 cm³/mol. The molecule has 0 bridgehead atoms.